The van der Waals surface area contributed by atoms with Gasteiger partial charge in [-0.25, -0.2) is 0 Å². The molecule has 0 saturated carbocycles. The highest BCUT2D eigenvalue weighted by Crippen LogP contribution is 2.36. The van der Waals surface area contributed by atoms with E-state index in [1.807, 2.05) is 20.8 Å². The van der Waals surface area contributed by atoms with E-state index in [1.165, 1.54) is 10.4 Å². The standard InChI is InChI=1S/C24H35NO2SSi/c1-23(2,3)28(26)25-19-13-14-20-27-29(24(4,5)6,21-15-9-7-10-16-21)22-17-11-8-12-18-22/h7-12,15-19H,13-14,20H2,1-6H3. The molecule has 0 amide bonds. The van der Waals surface area contributed by atoms with Gasteiger partial charge in [0.05, 0.1) is 6.21 Å². The first-order chi connectivity index (χ1) is 13.6. The van der Waals surface area contributed by atoms with Gasteiger partial charge in [-0.1, -0.05) is 85.8 Å². The lowest BCUT2D eigenvalue weighted by Crippen LogP contribution is -2.66. The lowest BCUT2D eigenvalue weighted by atomic mass is 10.2. The van der Waals surface area contributed by atoms with Crippen molar-refractivity contribution < 1.29 is 8.98 Å². The van der Waals surface area contributed by atoms with Crippen molar-refractivity contribution in [2.75, 3.05) is 6.61 Å². The van der Waals surface area contributed by atoms with E-state index in [2.05, 4.69) is 85.8 Å². The molecule has 5 heteroatoms. The molecule has 1 atom stereocenters. The highest BCUT2D eigenvalue weighted by Gasteiger charge is 2.49. The fraction of sp³-hybridized carbons (Fsp3) is 0.458. The smallest absolute Gasteiger partial charge is 0.261 e. The maximum absolute atomic E-state index is 12.0. The average Bonchev–Trinajstić information content (AvgIpc) is 2.67. The Morgan fingerprint density at radius 1 is 0.897 bits per heavy atom. The molecule has 0 saturated heterocycles. The van der Waals surface area contributed by atoms with E-state index in [0.29, 0.717) is 6.61 Å². The molecule has 2 aromatic carbocycles. The van der Waals surface area contributed by atoms with Crippen LogP contribution in [0.5, 0.6) is 0 Å². The van der Waals surface area contributed by atoms with Crippen molar-refractivity contribution >= 4 is 36.3 Å². The van der Waals surface area contributed by atoms with Gasteiger partial charge in [0.25, 0.3) is 8.32 Å². The monoisotopic (exact) mass is 429 g/mol. The number of nitrogens with zero attached hydrogens (tertiary/aromatic N) is 1. The topological polar surface area (TPSA) is 44.7 Å². The van der Waals surface area contributed by atoms with Crippen LogP contribution in [0.25, 0.3) is 0 Å². The van der Waals surface area contributed by atoms with E-state index in [4.69, 9.17) is 4.43 Å². The second kappa shape index (κ2) is 10.1. The SMILES string of the molecule is CC(C)(C)[S+]([O-])N=CCCCO[Si](c1ccccc1)(c1ccccc1)C(C)(C)C. The highest BCUT2D eigenvalue weighted by molar-refractivity contribution is 7.91. The predicted octanol–water partition coefficient (Wildman–Crippen LogP) is 4.88. The van der Waals surface area contributed by atoms with Gasteiger partial charge < -0.3 is 8.98 Å². The van der Waals surface area contributed by atoms with Crippen molar-refractivity contribution in [1.29, 1.82) is 0 Å². The molecular weight excluding hydrogens is 394 g/mol. The first-order valence-electron chi connectivity index (χ1n) is 10.3. The van der Waals surface area contributed by atoms with Crippen molar-refractivity contribution in [2.24, 2.45) is 4.40 Å². The van der Waals surface area contributed by atoms with Gasteiger partial charge in [-0.2, -0.15) is 0 Å². The molecule has 1 unspecified atom stereocenters. The van der Waals surface area contributed by atoms with Crippen LogP contribution in [0.3, 0.4) is 0 Å². The van der Waals surface area contributed by atoms with Crippen molar-refractivity contribution in [3.05, 3.63) is 60.7 Å². The third-order valence-electron chi connectivity index (χ3n) is 4.91. The summed E-state index contributed by atoms with van der Waals surface area (Å²) in [5.74, 6) is 0. The molecule has 0 radical (unpaired) electrons. The van der Waals surface area contributed by atoms with Gasteiger partial charge in [0.15, 0.2) is 0 Å². The first-order valence-corrected chi connectivity index (χ1v) is 13.3. The van der Waals surface area contributed by atoms with Crippen LogP contribution in [0.2, 0.25) is 5.04 Å². The van der Waals surface area contributed by atoms with Crippen molar-refractivity contribution in [3.8, 4) is 0 Å². The van der Waals surface area contributed by atoms with E-state index < -0.39 is 19.7 Å². The molecule has 0 aromatic heterocycles. The average molecular weight is 430 g/mol. The van der Waals surface area contributed by atoms with Crippen LogP contribution in [0.15, 0.2) is 65.1 Å². The van der Waals surface area contributed by atoms with E-state index >= 15 is 0 Å². The Morgan fingerprint density at radius 2 is 1.38 bits per heavy atom. The Balaban J connectivity index is 2.20. The van der Waals surface area contributed by atoms with Crippen molar-refractivity contribution in [1.82, 2.24) is 0 Å². The summed E-state index contributed by atoms with van der Waals surface area (Å²) in [5.41, 5.74) is 0. The molecule has 158 valence electrons. The number of unbranched alkanes of at least 4 members (excludes halogenated alkanes) is 1. The van der Waals surface area contributed by atoms with E-state index in [9.17, 15) is 4.55 Å². The number of hydrogen-bond donors (Lipinski definition) is 0. The van der Waals surface area contributed by atoms with Gasteiger partial charge in [-0.15, -0.1) is 0 Å². The summed E-state index contributed by atoms with van der Waals surface area (Å²) in [6.45, 7) is 13.3. The van der Waals surface area contributed by atoms with Crippen LogP contribution in [-0.2, 0) is 15.8 Å². The number of benzene rings is 2. The molecule has 0 N–H and O–H groups in total. The number of rotatable bonds is 8. The van der Waals surface area contributed by atoms with E-state index in [1.54, 1.807) is 6.21 Å². The van der Waals surface area contributed by atoms with E-state index in [0.717, 1.165) is 12.8 Å². The van der Waals surface area contributed by atoms with Gasteiger partial charge in [-0.3, -0.25) is 0 Å². The normalized spacial score (nSPS) is 14.3. The Morgan fingerprint density at radius 3 is 1.79 bits per heavy atom. The third kappa shape index (κ3) is 6.04. The maximum atomic E-state index is 12.0. The lowest BCUT2D eigenvalue weighted by Gasteiger charge is -2.43. The van der Waals surface area contributed by atoms with E-state index in [-0.39, 0.29) is 9.79 Å². The number of hydrogen-bond acceptors (Lipinski definition) is 3. The summed E-state index contributed by atoms with van der Waals surface area (Å²) in [6.07, 6.45) is 3.41. The maximum Gasteiger partial charge on any atom is 0.261 e. The largest absolute Gasteiger partial charge is 0.591 e. The third-order valence-corrected chi connectivity index (χ3v) is 11.3. The quantitative estimate of drug-likeness (QED) is 0.260. The molecule has 3 nitrogen and oxygen atoms in total. The van der Waals surface area contributed by atoms with Crippen molar-refractivity contribution in [3.63, 3.8) is 0 Å². The van der Waals surface area contributed by atoms with Crippen molar-refractivity contribution in [2.45, 2.75) is 64.2 Å². The second-order valence-electron chi connectivity index (χ2n) is 9.30. The van der Waals surface area contributed by atoms with Crippen LogP contribution in [0.1, 0.15) is 54.4 Å². The molecule has 29 heavy (non-hydrogen) atoms. The fourth-order valence-corrected chi connectivity index (χ4v) is 8.60. The molecular formula is C24H35NO2SSi. The van der Waals surface area contributed by atoms with Crippen LogP contribution in [0, 0.1) is 0 Å². The van der Waals surface area contributed by atoms with Gasteiger partial charge >= 0.3 is 0 Å². The minimum atomic E-state index is -2.47. The summed E-state index contributed by atoms with van der Waals surface area (Å²) >= 11 is -1.20. The summed E-state index contributed by atoms with van der Waals surface area (Å²) in [5, 5.41) is 2.57. The zero-order valence-electron chi connectivity index (χ0n) is 18.6. The minimum absolute atomic E-state index is 0.0163. The molecule has 0 fully saturated rings. The summed E-state index contributed by atoms with van der Waals surface area (Å²) in [7, 11) is -2.47. The highest BCUT2D eigenvalue weighted by atomic mass is 32.2. The summed E-state index contributed by atoms with van der Waals surface area (Å²) in [4.78, 5) is 0. The lowest BCUT2D eigenvalue weighted by molar-refractivity contribution is 0.294. The molecule has 0 heterocycles. The molecule has 0 aliphatic rings. The molecule has 0 spiro atoms. The summed E-state index contributed by atoms with van der Waals surface area (Å²) in [6, 6.07) is 21.3. The molecule has 0 aliphatic heterocycles. The Kier molecular flexibility index (Phi) is 8.29. The van der Waals surface area contributed by atoms with Gasteiger partial charge in [0.2, 0.25) is 0 Å². The molecule has 0 aliphatic carbocycles. The van der Waals surface area contributed by atoms with Crippen LogP contribution < -0.4 is 10.4 Å². The van der Waals surface area contributed by atoms with Gasteiger partial charge in [-0.05, 0) is 49.0 Å². The second-order valence-corrected chi connectivity index (χ2v) is 15.5. The minimum Gasteiger partial charge on any atom is -0.591 e. The zero-order chi connectivity index (χ0) is 21.5. The predicted molar refractivity (Wildman–Crippen MR) is 129 cm³/mol. The fourth-order valence-electron chi connectivity index (χ4n) is 3.44. The summed E-state index contributed by atoms with van der Waals surface area (Å²) < 4.78 is 22.8. The first kappa shape index (κ1) is 23.9. The zero-order valence-corrected chi connectivity index (χ0v) is 20.5. The Labute approximate surface area is 181 Å². The molecule has 2 aromatic rings. The van der Waals surface area contributed by atoms with Gasteiger partial charge in [0.1, 0.15) is 16.1 Å². The molecule has 2 rings (SSSR count). The Hall–Kier alpha value is -1.40. The molecule has 0 bridgehead atoms. The van der Waals surface area contributed by atoms with Crippen LogP contribution >= 0.6 is 0 Å². The van der Waals surface area contributed by atoms with Gasteiger partial charge in [0, 0.05) is 6.61 Å². The Bertz CT molecular complexity index is 727. The van der Waals surface area contributed by atoms with Crippen LogP contribution in [0.4, 0.5) is 0 Å². The van der Waals surface area contributed by atoms with Crippen LogP contribution in [-0.4, -0.2) is 30.4 Å².